The van der Waals surface area contributed by atoms with Gasteiger partial charge in [-0.15, -0.1) is 0 Å². The summed E-state index contributed by atoms with van der Waals surface area (Å²) in [6.07, 6.45) is 11.3. The number of aliphatic hydroxyl groups excluding tert-OH is 1. The Labute approximate surface area is 203 Å². The Morgan fingerprint density at radius 3 is 2.24 bits per heavy atom. The van der Waals surface area contributed by atoms with E-state index in [0.29, 0.717) is 17.3 Å². The zero-order chi connectivity index (χ0) is 24.2. The van der Waals surface area contributed by atoms with E-state index in [1.165, 1.54) is 58.3 Å². The van der Waals surface area contributed by atoms with Gasteiger partial charge >= 0.3 is 0 Å². The van der Waals surface area contributed by atoms with Crippen molar-refractivity contribution in [3.63, 3.8) is 0 Å². The summed E-state index contributed by atoms with van der Waals surface area (Å²) in [5.41, 5.74) is 1.10. The number of hydrogen-bond acceptors (Lipinski definition) is 3. The Hall–Kier alpha value is -2.05. The van der Waals surface area contributed by atoms with Crippen molar-refractivity contribution >= 4 is 34.3 Å². The molecule has 2 rings (SSSR count). The first kappa shape index (κ1) is 27.2. The number of likely N-dealkylation sites (N-methyl/N-ethyl adjacent to an activating group) is 1. The van der Waals surface area contributed by atoms with Gasteiger partial charge in [-0.3, -0.25) is 9.59 Å². The molecular formula is C26H40ClN3O3. The number of benzene rings is 1. The largest absolute Gasteiger partial charge is 0.391 e. The van der Waals surface area contributed by atoms with Crippen molar-refractivity contribution in [2.45, 2.75) is 90.2 Å². The molecule has 0 spiro atoms. The third kappa shape index (κ3) is 9.01. The number of fused-ring (bicyclic) bond motifs is 1. The highest BCUT2D eigenvalue weighted by atomic mass is 35.5. The zero-order valence-electron chi connectivity index (χ0n) is 20.3. The minimum absolute atomic E-state index is 0.284. The highest BCUT2D eigenvalue weighted by Crippen LogP contribution is 2.20. The molecule has 184 valence electrons. The predicted octanol–water partition coefficient (Wildman–Crippen LogP) is 5.68. The first-order valence-corrected chi connectivity index (χ1v) is 12.7. The van der Waals surface area contributed by atoms with E-state index in [1.807, 2.05) is 0 Å². The Kier molecular flexibility index (Phi) is 11.8. The van der Waals surface area contributed by atoms with Crippen LogP contribution in [-0.4, -0.2) is 52.5 Å². The molecule has 33 heavy (non-hydrogen) atoms. The summed E-state index contributed by atoms with van der Waals surface area (Å²) in [5, 5.41) is 14.2. The fourth-order valence-corrected chi connectivity index (χ4v) is 4.20. The quantitative estimate of drug-likeness (QED) is 0.288. The Balaban J connectivity index is 1.76. The number of halogens is 1. The van der Waals surface area contributed by atoms with Gasteiger partial charge in [0.05, 0.1) is 6.10 Å². The van der Waals surface area contributed by atoms with Crippen molar-refractivity contribution in [2.75, 3.05) is 13.6 Å². The summed E-state index contributed by atoms with van der Waals surface area (Å²) in [6, 6.07) is 5.99. The molecule has 0 saturated carbocycles. The molecule has 0 radical (unpaired) electrons. The molecule has 1 heterocycles. The lowest BCUT2D eigenvalue weighted by Gasteiger charge is -2.26. The van der Waals surface area contributed by atoms with Crippen LogP contribution in [0.3, 0.4) is 0 Å². The van der Waals surface area contributed by atoms with Crippen LogP contribution in [0.25, 0.3) is 10.9 Å². The van der Waals surface area contributed by atoms with Crippen LogP contribution >= 0.6 is 11.6 Å². The van der Waals surface area contributed by atoms with E-state index in [-0.39, 0.29) is 5.91 Å². The van der Waals surface area contributed by atoms with E-state index < -0.39 is 18.1 Å². The number of carbonyl (C=O) groups excluding carboxylic acids is 2. The van der Waals surface area contributed by atoms with E-state index in [0.717, 1.165) is 23.7 Å². The molecule has 0 fully saturated rings. The Bertz CT molecular complexity index is 881. The minimum atomic E-state index is -1.00. The van der Waals surface area contributed by atoms with E-state index in [1.54, 1.807) is 36.2 Å². The molecule has 7 heteroatoms. The maximum atomic E-state index is 12.9. The van der Waals surface area contributed by atoms with Gasteiger partial charge in [-0.05, 0) is 37.6 Å². The number of nitrogens with zero attached hydrogens (tertiary/aromatic N) is 1. The lowest BCUT2D eigenvalue weighted by atomic mass is 10.1. The lowest BCUT2D eigenvalue weighted by molar-refractivity contribution is -0.134. The Morgan fingerprint density at radius 1 is 1.03 bits per heavy atom. The number of aromatic nitrogens is 1. The summed E-state index contributed by atoms with van der Waals surface area (Å²) < 4.78 is 0. The van der Waals surface area contributed by atoms with Crippen LogP contribution in [0.15, 0.2) is 24.3 Å². The van der Waals surface area contributed by atoms with Crippen molar-refractivity contribution in [2.24, 2.45) is 0 Å². The van der Waals surface area contributed by atoms with E-state index in [4.69, 9.17) is 11.6 Å². The molecule has 1 aromatic heterocycles. The molecule has 3 N–H and O–H groups in total. The second-order valence-corrected chi connectivity index (χ2v) is 9.48. The number of hydrogen-bond donors (Lipinski definition) is 3. The zero-order valence-corrected chi connectivity index (χ0v) is 21.1. The third-order valence-corrected chi connectivity index (χ3v) is 6.32. The summed E-state index contributed by atoms with van der Waals surface area (Å²) >= 11 is 6.01. The smallest absolute Gasteiger partial charge is 0.268 e. The van der Waals surface area contributed by atoms with Gasteiger partial charge in [-0.25, -0.2) is 0 Å². The second kappa shape index (κ2) is 14.3. The number of amides is 2. The van der Waals surface area contributed by atoms with E-state index in [9.17, 15) is 14.7 Å². The average Bonchev–Trinajstić information content (AvgIpc) is 3.21. The lowest BCUT2D eigenvalue weighted by Crippen LogP contribution is -2.53. The second-order valence-electron chi connectivity index (χ2n) is 9.05. The van der Waals surface area contributed by atoms with Gasteiger partial charge in [0.2, 0.25) is 5.91 Å². The molecule has 0 aliphatic carbocycles. The standard InChI is InChI=1S/C26H40ClN3O3/c1-4-5-6-7-8-9-10-11-12-13-16-30(3)26(33)24(19(2)31)29-25(32)23-18-20-17-21(27)14-15-22(20)28-23/h14-15,17-19,24,28,31H,4-13,16H2,1-3H3,(H,29,32)/t19-,24+/m1/s1. The van der Waals surface area contributed by atoms with Gasteiger partial charge < -0.3 is 20.3 Å². The number of rotatable bonds is 15. The summed E-state index contributed by atoms with van der Waals surface area (Å²) in [5.74, 6) is -0.720. The highest BCUT2D eigenvalue weighted by molar-refractivity contribution is 6.31. The van der Waals surface area contributed by atoms with E-state index >= 15 is 0 Å². The normalized spacial score (nSPS) is 13.1. The maximum Gasteiger partial charge on any atom is 0.268 e. The van der Waals surface area contributed by atoms with Crippen molar-refractivity contribution < 1.29 is 14.7 Å². The number of carbonyl (C=O) groups is 2. The molecule has 0 unspecified atom stereocenters. The molecule has 1 aromatic carbocycles. The molecular weight excluding hydrogens is 438 g/mol. The first-order chi connectivity index (χ1) is 15.8. The van der Waals surface area contributed by atoms with Gasteiger partial charge in [0.25, 0.3) is 5.91 Å². The molecule has 6 nitrogen and oxygen atoms in total. The topological polar surface area (TPSA) is 85.4 Å². The fraction of sp³-hybridized carbons (Fsp3) is 0.615. The summed E-state index contributed by atoms with van der Waals surface area (Å²) in [7, 11) is 1.72. The molecule has 2 amide bonds. The number of H-pyrrole nitrogens is 1. The van der Waals surface area contributed by atoms with Gasteiger partial charge in [0.1, 0.15) is 11.7 Å². The fourth-order valence-electron chi connectivity index (χ4n) is 4.02. The van der Waals surface area contributed by atoms with Crippen molar-refractivity contribution in [3.8, 4) is 0 Å². The molecule has 0 aliphatic rings. The Morgan fingerprint density at radius 2 is 1.64 bits per heavy atom. The molecule has 2 aromatic rings. The molecule has 0 bridgehead atoms. The number of unbranched alkanes of at least 4 members (excludes halogenated alkanes) is 9. The predicted molar refractivity (Wildman–Crippen MR) is 136 cm³/mol. The van der Waals surface area contributed by atoms with Gasteiger partial charge in [0.15, 0.2) is 0 Å². The van der Waals surface area contributed by atoms with Crippen LogP contribution < -0.4 is 5.32 Å². The van der Waals surface area contributed by atoms with Crippen LogP contribution in [0.2, 0.25) is 5.02 Å². The van der Waals surface area contributed by atoms with Gasteiger partial charge in [0, 0.05) is 29.5 Å². The monoisotopic (exact) mass is 477 g/mol. The minimum Gasteiger partial charge on any atom is -0.391 e. The molecule has 2 atom stereocenters. The number of aromatic amines is 1. The van der Waals surface area contributed by atoms with Crippen LogP contribution in [0.4, 0.5) is 0 Å². The van der Waals surface area contributed by atoms with E-state index in [2.05, 4.69) is 17.2 Å². The SMILES string of the molecule is CCCCCCCCCCCCN(C)C(=O)[C@@H](NC(=O)c1cc2cc(Cl)ccc2[nH]1)[C@@H](C)O. The average molecular weight is 478 g/mol. The number of aliphatic hydroxyl groups is 1. The molecule has 0 aliphatic heterocycles. The number of nitrogens with one attached hydrogen (secondary N) is 2. The van der Waals surface area contributed by atoms with Crippen molar-refractivity contribution in [3.05, 3.63) is 35.0 Å². The summed E-state index contributed by atoms with van der Waals surface area (Å²) in [6.45, 7) is 4.36. The summed E-state index contributed by atoms with van der Waals surface area (Å²) in [4.78, 5) is 30.2. The first-order valence-electron chi connectivity index (χ1n) is 12.4. The third-order valence-electron chi connectivity index (χ3n) is 6.09. The molecule has 0 saturated heterocycles. The van der Waals surface area contributed by atoms with Crippen molar-refractivity contribution in [1.29, 1.82) is 0 Å². The van der Waals surface area contributed by atoms with Crippen LogP contribution in [0, 0.1) is 0 Å². The van der Waals surface area contributed by atoms with Crippen LogP contribution in [-0.2, 0) is 4.79 Å². The van der Waals surface area contributed by atoms with Gasteiger partial charge in [-0.1, -0.05) is 76.3 Å². The highest BCUT2D eigenvalue weighted by Gasteiger charge is 2.29. The van der Waals surface area contributed by atoms with Gasteiger partial charge in [-0.2, -0.15) is 0 Å². The maximum absolute atomic E-state index is 12.9. The van der Waals surface area contributed by atoms with Crippen molar-refractivity contribution in [1.82, 2.24) is 15.2 Å². The van der Waals surface area contributed by atoms with Crippen LogP contribution in [0.1, 0.15) is 88.5 Å². The van der Waals surface area contributed by atoms with Crippen LogP contribution in [0.5, 0.6) is 0 Å².